The normalized spacial score (nSPS) is 18.0. The fourth-order valence-electron chi connectivity index (χ4n) is 3.19. The molecule has 24 heavy (non-hydrogen) atoms. The number of hydrogen-bond donors (Lipinski definition) is 2. The molecule has 0 bridgehead atoms. The average Bonchev–Trinajstić information content (AvgIpc) is 3.12. The third-order valence-corrected chi connectivity index (χ3v) is 4.38. The highest BCUT2D eigenvalue weighted by Crippen LogP contribution is 2.40. The molecule has 1 aliphatic rings. The minimum absolute atomic E-state index is 0.170. The molecule has 1 unspecified atom stereocenters. The van der Waals surface area contributed by atoms with E-state index in [4.69, 9.17) is 4.74 Å². The minimum atomic E-state index is -0.601. The van der Waals surface area contributed by atoms with Crippen molar-refractivity contribution in [2.75, 3.05) is 20.3 Å². The van der Waals surface area contributed by atoms with Crippen molar-refractivity contribution >= 4 is 22.6 Å². The number of amides is 1. The van der Waals surface area contributed by atoms with Gasteiger partial charge in [0.15, 0.2) is 11.5 Å². The number of nitrogens with one attached hydrogen (secondary N) is 1. The van der Waals surface area contributed by atoms with Gasteiger partial charge in [-0.1, -0.05) is 25.1 Å². The number of benzene rings is 1. The number of aromatic amines is 1. The maximum Gasteiger partial charge on any atom is 0.290 e. The monoisotopic (exact) mass is 328 g/mol. The van der Waals surface area contributed by atoms with Gasteiger partial charge in [-0.3, -0.25) is 9.59 Å². The summed E-state index contributed by atoms with van der Waals surface area (Å²) in [6.07, 6.45) is 2.02. The number of rotatable bonds is 6. The van der Waals surface area contributed by atoms with E-state index in [9.17, 15) is 14.7 Å². The number of Topliss-reactive ketones (excluding diaryl/α,β-unsaturated/α-hetero) is 1. The fraction of sp³-hybridized carbons (Fsp3) is 0.333. The highest BCUT2D eigenvalue weighted by atomic mass is 16.5. The van der Waals surface area contributed by atoms with E-state index in [1.807, 2.05) is 24.3 Å². The molecule has 0 saturated heterocycles. The van der Waals surface area contributed by atoms with Crippen LogP contribution in [-0.4, -0.2) is 46.9 Å². The second kappa shape index (κ2) is 6.49. The van der Waals surface area contributed by atoms with Crippen molar-refractivity contribution in [3.8, 4) is 0 Å². The molecule has 1 aliphatic heterocycles. The van der Waals surface area contributed by atoms with Crippen LogP contribution in [-0.2, 0) is 14.3 Å². The van der Waals surface area contributed by atoms with Crippen molar-refractivity contribution in [3.63, 3.8) is 0 Å². The summed E-state index contributed by atoms with van der Waals surface area (Å²) in [5, 5.41) is 11.2. The maximum absolute atomic E-state index is 12.5. The summed E-state index contributed by atoms with van der Waals surface area (Å²) in [5.74, 6) is -1.21. The summed E-state index contributed by atoms with van der Waals surface area (Å²) in [5.41, 5.74) is 1.89. The summed E-state index contributed by atoms with van der Waals surface area (Å²) in [7, 11) is 1.55. The van der Waals surface area contributed by atoms with Crippen molar-refractivity contribution < 1.29 is 19.4 Å². The molecule has 126 valence electrons. The second-order valence-electron chi connectivity index (χ2n) is 5.72. The minimum Gasteiger partial charge on any atom is -0.503 e. The quantitative estimate of drug-likeness (QED) is 0.853. The third-order valence-electron chi connectivity index (χ3n) is 4.38. The highest BCUT2D eigenvalue weighted by Gasteiger charge is 2.43. The molecule has 6 nitrogen and oxygen atoms in total. The number of aliphatic hydroxyl groups excluding tert-OH is 1. The second-order valence-corrected chi connectivity index (χ2v) is 5.72. The Kier molecular flexibility index (Phi) is 4.40. The number of fused-ring (bicyclic) bond motifs is 1. The number of ether oxygens (including phenoxy) is 1. The number of para-hydroxylation sites is 1. The largest absolute Gasteiger partial charge is 0.503 e. The highest BCUT2D eigenvalue weighted by molar-refractivity contribution is 6.09. The number of aromatic nitrogens is 1. The lowest BCUT2D eigenvalue weighted by Crippen LogP contribution is -2.33. The van der Waals surface area contributed by atoms with Crippen molar-refractivity contribution in [2.24, 2.45) is 0 Å². The first-order chi connectivity index (χ1) is 11.6. The predicted molar refractivity (Wildman–Crippen MR) is 89.6 cm³/mol. The van der Waals surface area contributed by atoms with Gasteiger partial charge in [-0.25, -0.2) is 0 Å². The van der Waals surface area contributed by atoms with Crippen LogP contribution in [0.5, 0.6) is 0 Å². The molecule has 1 amide bonds. The Bertz CT molecular complexity index is 821. The lowest BCUT2D eigenvalue weighted by Gasteiger charge is -2.26. The number of H-pyrrole nitrogens is 1. The van der Waals surface area contributed by atoms with Crippen molar-refractivity contribution in [1.82, 2.24) is 9.88 Å². The van der Waals surface area contributed by atoms with Crippen molar-refractivity contribution in [2.45, 2.75) is 19.4 Å². The van der Waals surface area contributed by atoms with Gasteiger partial charge in [-0.05, 0) is 6.07 Å². The Morgan fingerprint density at radius 3 is 2.83 bits per heavy atom. The molecule has 2 heterocycles. The Morgan fingerprint density at radius 1 is 1.38 bits per heavy atom. The van der Waals surface area contributed by atoms with Crippen LogP contribution in [0.4, 0.5) is 0 Å². The van der Waals surface area contributed by atoms with Gasteiger partial charge in [0, 0.05) is 42.7 Å². The van der Waals surface area contributed by atoms with E-state index >= 15 is 0 Å². The number of carbonyl (C=O) groups is 2. The summed E-state index contributed by atoms with van der Waals surface area (Å²) in [6.45, 7) is 2.34. The number of aliphatic hydroxyl groups is 1. The predicted octanol–water partition coefficient (Wildman–Crippen LogP) is 2.49. The SMILES string of the molecule is CCC(=O)C1=C(O)C(=O)N(CCOC)C1c1c[nH]c2ccccc12. The van der Waals surface area contributed by atoms with Crippen LogP contribution < -0.4 is 0 Å². The standard InChI is InChI=1S/C18H20N2O4/c1-3-14(21)15-16(20(8-9-24-2)18(23)17(15)22)12-10-19-13-7-5-4-6-11(12)13/h4-7,10,16,19,22H,3,8-9H2,1-2H3. The molecule has 1 atom stereocenters. The van der Waals surface area contributed by atoms with Gasteiger partial charge in [-0.15, -0.1) is 0 Å². The van der Waals surface area contributed by atoms with E-state index < -0.39 is 17.7 Å². The van der Waals surface area contributed by atoms with Crippen LogP contribution in [0.2, 0.25) is 0 Å². The molecule has 1 aromatic carbocycles. The van der Waals surface area contributed by atoms with E-state index in [0.29, 0.717) is 13.2 Å². The van der Waals surface area contributed by atoms with Crippen LogP contribution in [0, 0.1) is 0 Å². The van der Waals surface area contributed by atoms with Crippen LogP contribution >= 0.6 is 0 Å². The number of methoxy groups -OCH3 is 1. The number of nitrogens with zero attached hydrogens (tertiary/aromatic N) is 1. The molecule has 2 aromatic rings. The zero-order valence-corrected chi connectivity index (χ0v) is 13.7. The molecular weight excluding hydrogens is 308 g/mol. The van der Waals surface area contributed by atoms with Gasteiger partial charge in [0.2, 0.25) is 0 Å². The first kappa shape index (κ1) is 16.3. The molecule has 1 aromatic heterocycles. The van der Waals surface area contributed by atoms with E-state index in [1.54, 1.807) is 20.2 Å². The molecule has 0 fully saturated rings. The molecule has 0 saturated carbocycles. The molecular formula is C18H20N2O4. The molecule has 0 aliphatic carbocycles. The molecule has 6 heteroatoms. The van der Waals surface area contributed by atoms with Crippen LogP contribution in [0.25, 0.3) is 10.9 Å². The Balaban J connectivity index is 2.14. The topological polar surface area (TPSA) is 82.6 Å². The number of carbonyl (C=O) groups excluding carboxylic acids is 2. The zero-order valence-electron chi connectivity index (χ0n) is 13.7. The number of ketones is 1. The Morgan fingerprint density at radius 2 is 2.12 bits per heavy atom. The lowest BCUT2D eigenvalue weighted by molar-refractivity contribution is -0.130. The molecule has 0 spiro atoms. The lowest BCUT2D eigenvalue weighted by atomic mass is 9.95. The van der Waals surface area contributed by atoms with Gasteiger partial charge in [-0.2, -0.15) is 0 Å². The van der Waals surface area contributed by atoms with E-state index in [1.165, 1.54) is 4.90 Å². The van der Waals surface area contributed by atoms with Gasteiger partial charge >= 0.3 is 0 Å². The average molecular weight is 328 g/mol. The van der Waals surface area contributed by atoms with Crippen LogP contribution in [0.3, 0.4) is 0 Å². The van der Waals surface area contributed by atoms with E-state index in [0.717, 1.165) is 16.5 Å². The third kappa shape index (κ3) is 2.49. The van der Waals surface area contributed by atoms with Gasteiger partial charge in [0.1, 0.15) is 0 Å². The number of hydrogen-bond acceptors (Lipinski definition) is 4. The van der Waals surface area contributed by atoms with Crippen molar-refractivity contribution in [1.29, 1.82) is 0 Å². The van der Waals surface area contributed by atoms with Gasteiger partial charge < -0.3 is 19.7 Å². The van der Waals surface area contributed by atoms with E-state index in [2.05, 4.69) is 4.98 Å². The van der Waals surface area contributed by atoms with Crippen LogP contribution in [0.15, 0.2) is 41.8 Å². The molecule has 3 rings (SSSR count). The van der Waals surface area contributed by atoms with Crippen molar-refractivity contribution in [3.05, 3.63) is 47.4 Å². The first-order valence-electron chi connectivity index (χ1n) is 7.92. The summed E-state index contributed by atoms with van der Waals surface area (Å²) in [4.78, 5) is 29.5. The summed E-state index contributed by atoms with van der Waals surface area (Å²) in [6, 6.07) is 7.08. The molecule has 2 N–H and O–H groups in total. The van der Waals surface area contributed by atoms with Crippen LogP contribution in [0.1, 0.15) is 24.9 Å². The maximum atomic E-state index is 12.5. The Hall–Kier alpha value is -2.60. The smallest absolute Gasteiger partial charge is 0.290 e. The summed E-state index contributed by atoms with van der Waals surface area (Å²) >= 11 is 0. The van der Waals surface area contributed by atoms with Gasteiger partial charge in [0.25, 0.3) is 5.91 Å². The van der Waals surface area contributed by atoms with E-state index in [-0.39, 0.29) is 17.8 Å². The molecule has 0 radical (unpaired) electrons. The van der Waals surface area contributed by atoms with Gasteiger partial charge in [0.05, 0.1) is 18.2 Å². The Labute approximate surface area is 139 Å². The zero-order chi connectivity index (χ0) is 17.3. The first-order valence-corrected chi connectivity index (χ1v) is 7.92. The fourth-order valence-corrected chi connectivity index (χ4v) is 3.19. The summed E-state index contributed by atoms with van der Waals surface area (Å²) < 4.78 is 5.08.